The molecule has 0 atom stereocenters. The molecule has 4 nitrogen and oxygen atoms in total. The molecule has 0 saturated carbocycles. The number of unbranched alkanes of at least 4 members (excludes halogenated alkanes) is 11. The van der Waals surface area contributed by atoms with Gasteiger partial charge in [-0.05, 0) is 41.2 Å². The number of anilines is 1. The number of thiazole rings is 1. The summed E-state index contributed by atoms with van der Waals surface area (Å²) in [5.74, 6) is 0.989. The summed E-state index contributed by atoms with van der Waals surface area (Å²) < 4.78 is 8.58. The van der Waals surface area contributed by atoms with Gasteiger partial charge in [0.05, 0.1) is 18.5 Å². The predicted molar refractivity (Wildman–Crippen MR) is 179 cm³/mol. The van der Waals surface area contributed by atoms with E-state index in [4.69, 9.17) is 4.74 Å². The molecule has 3 rings (SSSR count). The largest absolute Gasteiger partial charge is 1.00 e. The van der Waals surface area contributed by atoms with Crippen LogP contribution in [0.1, 0.15) is 128 Å². The van der Waals surface area contributed by atoms with E-state index in [0.717, 1.165) is 36.6 Å². The predicted octanol–water partition coefficient (Wildman–Crippen LogP) is 7.02. The van der Waals surface area contributed by atoms with Gasteiger partial charge in [-0.15, -0.1) is 0 Å². The Balaban J connectivity index is 0.00000645. The van der Waals surface area contributed by atoms with E-state index in [0.29, 0.717) is 6.54 Å². The second kappa shape index (κ2) is 20.0. The monoisotopic (exact) mass is 670 g/mol. The van der Waals surface area contributed by atoms with Crippen LogP contribution in [0.25, 0.3) is 0 Å². The van der Waals surface area contributed by atoms with Gasteiger partial charge >= 0.3 is 0 Å². The summed E-state index contributed by atoms with van der Waals surface area (Å²) in [6, 6.07) is 14.8. The van der Waals surface area contributed by atoms with Crippen LogP contribution in [0.15, 0.2) is 59.6 Å². The second-order valence-electron chi connectivity index (χ2n) is 12.8. The van der Waals surface area contributed by atoms with Crippen molar-refractivity contribution in [2.24, 2.45) is 0 Å². The number of aromatic nitrogens is 1. The van der Waals surface area contributed by atoms with Gasteiger partial charge in [-0.1, -0.05) is 134 Å². The Morgan fingerprint density at radius 2 is 1.51 bits per heavy atom. The van der Waals surface area contributed by atoms with Crippen molar-refractivity contribution < 1.29 is 31.1 Å². The van der Waals surface area contributed by atoms with E-state index in [-0.39, 0.29) is 28.3 Å². The summed E-state index contributed by atoms with van der Waals surface area (Å²) in [7, 11) is 0. The molecule has 0 bridgehead atoms. The van der Waals surface area contributed by atoms with Gasteiger partial charge in [0.1, 0.15) is 5.75 Å². The minimum atomic E-state index is -0.0156. The lowest BCUT2D eigenvalue weighted by Gasteiger charge is -2.26. The number of amides is 1. The Bertz CT molecular complexity index is 1190. The fourth-order valence-electron chi connectivity index (χ4n) is 5.48. The van der Waals surface area contributed by atoms with Crippen molar-refractivity contribution in [2.75, 3.05) is 11.5 Å². The van der Waals surface area contributed by atoms with E-state index in [1.54, 1.807) is 18.3 Å². The van der Waals surface area contributed by atoms with Crippen molar-refractivity contribution >= 4 is 22.9 Å². The van der Waals surface area contributed by atoms with E-state index in [1.165, 1.54) is 81.8 Å². The first-order valence-electron chi connectivity index (χ1n) is 16.3. The molecule has 2 aromatic carbocycles. The molecule has 238 valence electrons. The average Bonchev–Trinajstić information content (AvgIpc) is 3.46. The first kappa shape index (κ1) is 37.0. The first-order valence-corrected chi connectivity index (χ1v) is 17.3. The molecule has 0 fully saturated rings. The molecule has 1 amide bonds. The Morgan fingerprint density at radius 1 is 0.860 bits per heavy atom. The highest BCUT2D eigenvalue weighted by atomic mass is 79.9. The molecular formula is C37H55BrN2O2S. The van der Waals surface area contributed by atoms with Crippen LogP contribution in [0.5, 0.6) is 5.75 Å². The highest BCUT2D eigenvalue weighted by Crippen LogP contribution is 2.33. The molecular weight excluding hydrogens is 616 g/mol. The lowest BCUT2D eigenvalue weighted by Crippen LogP contribution is -3.00. The van der Waals surface area contributed by atoms with Crippen molar-refractivity contribution in [3.8, 4) is 5.75 Å². The van der Waals surface area contributed by atoms with E-state index >= 15 is 0 Å². The highest BCUT2D eigenvalue weighted by molar-refractivity contribution is 7.07. The number of ether oxygens (including phenoxy) is 1. The normalized spacial score (nSPS) is 11.3. The molecule has 0 aliphatic heterocycles. The number of hydrogen-bond acceptors (Lipinski definition) is 3. The quantitative estimate of drug-likeness (QED) is 0.101. The molecule has 43 heavy (non-hydrogen) atoms. The molecule has 0 radical (unpaired) electrons. The Morgan fingerprint density at radius 3 is 2.09 bits per heavy atom. The van der Waals surface area contributed by atoms with Gasteiger partial charge in [0.25, 0.3) is 0 Å². The van der Waals surface area contributed by atoms with Crippen LogP contribution in [0.3, 0.4) is 0 Å². The molecule has 1 heterocycles. The third kappa shape index (κ3) is 13.6. The summed E-state index contributed by atoms with van der Waals surface area (Å²) in [4.78, 5) is 14.7. The number of carbonyl (C=O) groups is 1. The number of rotatable bonds is 19. The van der Waals surface area contributed by atoms with Gasteiger partial charge < -0.3 is 26.6 Å². The fourth-order valence-corrected chi connectivity index (χ4v) is 6.08. The summed E-state index contributed by atoms with van der Waals surface area (Å²) in [6.07, 6.45) is 18.1. The van der Waals surface area contributed by atoms with Crippen LogP contribution < -0.4 is 31.2 Å². The summed E-state index contributed by atoms with van der Waals surface area (Å²) in [5.41, 5.74) is 6.49. The third-order valence-electron chi connectivity index (χ3n) is 7.94. The van der Waals surface area contributed by atoms with E-state index in [1.807, 2.05) is 17.0 Å². The number of carbonyl (C=O) groups excluding carboxylic acids is 1. The summed E-state index contributed by atoms with van der Waals surface area (Å²) in [6.45, 7) is 12.7. The summed E-state index contributed by atoms with van der Waals surface area (Å²) in [5, 5.41) is 2.07. The van der Waals surface area contributed by atoms with E-state index < -0.39 is 0 Å². The minimum Gasteiger partial charge on any atom is -1.00 e. The molecule has 0 spiro atoms. The molecule has 0 saturated heterocycles. The first-order chi connectivity index (χ1) is 20.3. The van der Waals surface area contributed by atoms with Crippen LogP contribution in [-0.4, -0.2) is 12.5 Å². The van der Waals surface area contributed by atoms with Crippen LogP contribution >= 0.6 is 11.3 Å². The Kier molecular flexibility index (Phi) is 17.2. The van der Waals surface area contributed by atoms with Gasteiger partial charge in [0.15, 0.2) is 12.7 Å². The molecule has 6 heteroatoms. The van der Waals surface area contributed by atoms with Gasteiger partial charge in [-0.2, -0.15) is 4.57 Å². The molecule has 3 aromatic rings. The van der Waals surface area contributed by atoms with Crippen LogP contribution in [0, 0.1) is 0 Å². The molecule has 0 aliphatic rings. The maximum Gasteiger partial charge on any atom is 0.224 e. The Hall–Kier alpha value is -2.18. The minimum absolute atomic E-state index is 0. The molecule has 1 aromatic heterocycles. The molecule has 0 unspecified atom stereocenters. The number of hydrogen-bond donors (Lipinski definition) is 0. The van der Waals surface area contributed by atoms with E-state index in [2.05, 4.69) is 79.7 Å². The zero-order valence-electron chi connectivity index (χ0n) is 27.4. The number of benzene rings is 2. The fraction of sp³-hybridized carbons (Fsp3) is 0.568. The zero-order valence-corrected chi connectivity index (χ0v) is 29.8. The van der Waals surface area contributed by atoms with Gasteiger partial charge in [-0.3, -0.25) is 4.79 Å². The average molecular weight is 672 g/mol. The van der Waals surface area contributed by atoms with Crippen molar-refractivity contribution in [3.05, 3.63) is 76.2 Å². The summed E-state index contributed by atoms with van der Waals surface area (Å²) >= 11 is 1.68. The maximum atomic E-state index is 12.8. The maximum absolute atomic E-state index is 12.8. The highest BCUT2D eigenvalue weighted by Gasteiger charge is 2.21. The van der Waals surface area contributed by atoms with E-state index in [9.17, 15) is 4.79 Å². The van der Waals surface area contributed by atoms with Crippen LogP contribution in [0.2, 0.25) is 0 Å². The second-order valence-corrected chi connectivity index (χ2v) is 13.5. The van der Waals surface area contributed by atoms with Crippen molar-refractivity contribution in [2.45, 2.75) is 130 Å². The number of nitrogens with zero attached hydrogens (tertiary/aromatic N) is 2. The zero-order chi connectivity index (χ0) is 30.2. The van der Waals surface area contributed by atoms with Crippen LogP contribution in [-0.2, 0) is 23.3 Å². The SMILES string of the molecule is CCCCCCCCCCCCCCOc1cc(CN(C(C)=O)c2cccc(C[n+]3ccsc3)c2)ccc1C(C)(C)C.[Br-]. The molecule has 0 aliphatic carbocycles. The van der Waals surface area contributed by atoms with Gasteiger partial charge in [0.2, 0.25) is 11.4 Å². The standard InChI is InChI=1S/C37H55N2O2S.BrH/c1-6-7-8-9-10-11-12-13-14-15-16-17-24-41-36-27-33(21-22-35(36)37(3,4)5)29-39(31(2)40)34-20-18-19-32(26-34)28-38-23-25-42-30-38;/h18-23,25-27,30H,6-17,24,28-29H2,1-5H3;1H/q+1;/p-1. The lowest BCUT2D eigenvalue weighted by molar-refractivity contribution is -0.683. The smallest absolute Gasteiger partial charge is 0.224 e. The third-order valence-corrected chi connectivity index (χ3v) is 8.62. The van der Waals surface area contributed by atoms with Gasteiger partial charge in [-0.25, -0.2) is 0 Å². The topological polar surface area (TPSA) is 33.4 Å². The van der Waals surface area contributed by atoms with Gasteiger partial charge in [0, 0.05) is 18.2 Å². The lowest BCUT2D eigenvalue weighted by atomic mass is 9.85. The van der Waals surface area contributed by atoms with Crippen molar-refractivity contribution in [3.63, 3.8) is 0 Å². The van der Waals surface area contributed by atoms with Crippen LogP contribution in [0.4, 0.5) is 5.69 Å². The molecule has 0 N–H and O–H groups in total. The Labute approximate surface area is 276 Å². The van der Waals surface area contributed by atoms with Crippen molar-refractivity contribution in [1.82, 2.24) is 0 Å². The van der Waals surface area contributed by atoms with Crippen molar-refractivity contribution in [1.29, 1.82) is 0 Å². The number of halogens is 1.